The Bertz CT molecular complexity index is 449. The molecule has 1 aliphatic heterocycles. The van der Waals surface area contributed by atoms with Gasteiger partial charge in [0.2, 0.25) is 0 Å². The van der Waals surface area contributed by atoms with Gasteiger partial charge in [0.05, 0.1) is 0 Å². The maximum atomic E-state index is 4.81. The molecule has 0 N–H and O–H groups in total. The van der Waals surface area contributed by atoms with Crippen molar-refractivity contribution in [2.75, 3.05) is 53.4 Å². The molecule has 25 heavy (non-hydrogen) atoms. The molecule has 1 radical (unpaired) electrons. The van der Waals surface area contributed by atoms with E-state index in [1.807, 2.05) is 0 Å². The van der Waals surface area contributed by atoms with Crippen molar-refractivity contribution in [1.29, 1.82) is 0 Å². The molecular formula is C19H33N5Ni+. The quantitative estimate of drug-likeness (QED) is 0.741. The van der Waals surface area contributed by atoms with Crippen LogP contribution in [0.15, 0.2) is 18.2 Å². The van der Waals surface area contributed by atoms with Crippen LogP contribution in [0.1, 0.15) is 50.2 Å². The molecule has 1 aliphatic rings. The Labute approximate surface area is 163 Å². The van der Waals surface area contributed by atoms with E-state index in [-0.39, 0.29) is 28.6 Å². The molecular weight excluding hydrogens is 357 g/mol. The minimum absolute atomic E-state index is 0. The Balaban J connectivity index is 0.00000312. The molecule has 0 aliphatic carbocycles. The third-order valence-corrected chi connectivity index (χ3v) is 4.58. The maximum Gasteiger partial charge on any atom is 3.00 e. The Hall–Kier alpha value is -0.516. The van der Waals surface area contributed by atoms with Crippen molar-refractivity contribution in [3.05, 3.63) is 40.2 Å². The van der Waals surface area contributed by atoms with Crippen LogP contribution in [0, 0.1) is 0 Å². The predicted molar refractivity (Wildman–Crippen MR) is 102 cm³/mol. The summed E-state index contributed by atoms with van der Waals surface area (Å²) >= 11 is 0. The van der Waals surface area contributed by atoms with E-state index in [1.54, 1.807) is 0 Å². The van der Waals surface area contributed by atoms with Gasteiger partial charge in [-0.1, -0.05) is 44.8 Å². The van der Waals surface area contributed by atoms with E-state index in [0.717, 1.165) is 63.5 Å². The van der Waals surface area contributed by atoms with Gasteiger partial charge in [0.25, 0.3) is 0 Å². The topological polar surface area (TPSA) is 47.6 Å². The van der Waals surface area contributed by atoms with Crippen molar-refractivity contribution in [3.8, 4) is 0 Å². The van der Waals surface area contributed by atoms with Crippen LogP contribution < -0.4 is 0 Å². The molecule has 1 aromatic heterocycles. The fourth-order valence-corrected chi connectivity index (χ4v) is 2.96. The fraction of sp³-hybridized carbons (Fsp3) is 0.737. The van der Waals surface area contributed by atoms with Gasteiger partial charge < -0.3 is 20.4 Å². The molecule has 0 saturated heterocycles. The van der Waals surface area contributed by atoms with Crippen molar-refractivity contribution in [1.82, 2.24) is 14.8 Å². The third kappa shape index (κ3) is 8.14. The average Bonchev–Trinajstić information content (AvgIpc) is 2.58. The first-order valence-corrected chi connectivity index (χ1v) is 9.23. The molecule has 1 aromatic rings. The van der Waals surface area contributed by atoms with Crippen LogP contribution >= 0.6 is 0 Å². The maximum absolute atomic E-state index is 4.81. The van der Waals surface area contributed by atoms with Crippen LogP contribution in [-0.4, -0.2) is 68.1 Å². The summed E-state index contributed by atoms with van der Waals surface area (Å²) in [6, 6.07) is 6.58. The summed E-state index contributed by atoms with van der Waals surface area (Å²) in [6.07, 6.45) is 2.23. The number of aromatic nitrogens is 1. The number of likely N-dealkylation sites (N-methyl/N-ethyl adjacent to an activating group) is 1. The summed E-state index contributed by atoms with van der Waals surface area (Å²) < 4.78 is 0. The van der Waals surface area contributed by atoms with Gasteiger partial charge in [-0.3, -0.25) is 4.98 Å². The monoisotopic (exact) mass is 389 g/mol. The smallest absolute Gasteiger partial charge is 0.655 e. The van der Waals surface area contributed by atoms with Gasteiger partial charge in [-0.25, -0.2) is 0 Å². The van der Waals surface area contributed by atoms with Crippen LogP contribution in [0.2, 0.25) is 0 Å². The summed E-state index contributed by atoms with van der Waals surface area (Å²) in [5.41, 5.74) is 2.13. The van der Waals surface area contributed by atoms with E-state index < -0.39 is 0 Å². The van der Waals surface area contributed by atoms with E-state index in [4.69, 9.17) is 15.6 Å². The number of fused-ring (bicyclic) bond motifs is 2. The summed E-state index contributed by atoms with van der Waals surface area (Å²) in [5, 5.41) is 9.62. The van der Waals surface area contributed by atoms with Crippen LogP contribution in [0.5, 0.6) is 0 Å². The van der Waals surface area contributed by atoms with Crippen molar-refractivity contribution in [2.24, 2.45) is 0 Å². The second kappa shape index (κ2) is 12.0. The van der Waals surface area contributed by atoms with Crippen molar-refractivity contribution >= 4 is 0 Å². The molecule has 0 spiro atoms. The van der Waals surface area contributed by atoms with Crippen LogP contribution in [-0.2, 0) is 16.5 Å². The Morgan fingerprint density at radius 2 is 1.56 bits per heavy atom. The summed E-state index contributed by atoms with van der Waals surface area (Å²) in [7, 11) is 4.28. The van der Waals surface area contributed by atoms with Gasteiger partial charge in [0, 0.05) is 24.5 Å². The normalized spacial score (nSPS) is 23.7. The zero-order chi connectivity index (χ0) is 17.4. The molecule has 2 unspecified atom stereocenters. The number of rotatable bonds is 3. The largest absolute Gasteiger partial charge is 3.00 e. The van der Waals surface area contributed by atoms with Crippen LogP contribution in [0.4, 0.5) is 0 Å². The van der Waals surface area contributed by atoms with Gasteiger partial charge in [0.1, 0.15) is 0 Å². The summed E-state index contributed by atoms with van der Waals surface area (Å²) in [4.78, 5) is 9.59. The molecule has 2 atom stereocenters. The minimum Gasteiger partial charge on any atom is -0.655 e. The number of hydrogen-bond donors (Lipinski definition) is 0. The van der Waals surface area contributed by atoms with Crippen LogP contribution in [0.3, 0.4) is 0 Å². The second-order valence-corrected chi connectivity index (χ2v) is 7.00. The second-order valence-electron chi connectivity index (χ2n) is 7.00. The zero-order valence-corrected chi connectivity index (χ0v) is 17.1. The molecule has 2 rings (SSSR count). The van der Waals surface area contributed by atoms with E-state index in [9.17, 15) is 0 Å². The Morgan fingerprint density at radius 1 is 1.04 bits per heavy atom. The Morgan fingerprint density at radius 3 is 2.04 bits per heavy atom. The zero-order valence-electron chi connectivity index (χ0n) is 16.1. The van der Waals surface area contributed by atoms with Gasteiger partial charge in [-0.2, -0.15) is 0 Å². The summed E-state index contributed by atoms with van der Waals surface area (Å²) in [6.45, 7) is 10.6. The van der Waals surface area contributed by atoms with Crippen molar-refractivity contribution < 1.29 is 16.5 Å². The van der Waals surface area contributed by atoms with Crippen molar-refractivity contribution in [2.45, 2.75) is 38.8 Å². The van der Waals surface area contributed by atoms with Crippen LogP contribution in [0.25, 0.3) is 10.6 Å². The fourth-order valence-electron chi connectivity index (χ4n) is 2.96. The van der Waals surface area contributed by atoms with Gasteiger partial charge in [0.15, 0.2) is 0 Å². The molecule has 0 saturated carbocycles. The number of nitrogens with zero attached hydrogens (tertiary/aromatic N) is 5. The Kier molecular flexibility index (Phi) is 10.8. The molecule has 0 aromatic carbocycles. The molecule has 5 nitrogen and oxygen atoms in total. The van der Waals surface area contributed by atoms with E-state index in [0.29, 0.717) is 0 Å². The molecule has 143 valence electrons. The van der Waals surface area contributed by atoms with Gasteiger partial charge in [-0.15, -0.1) is 13.1 Å². The third-order valence-electron chi connectivity index (χ3n) is 4.58. The molecule has 2 bridgehead atoms. The van der Waals surface area contributed by atoms with E-state index in [1.165, 1.54) is 0 Å². The first-order valence-electron chi connectivity index (χ1n) is 9.23. The molecule has 2 heterocycles. The van der Waals surface area contributed by atoms with Gasteiger partial charge in [-0.05, 0) is 39.3 Å². The number of hydrogen-bond acceptors (Lipinski definition) is 3. The molecule has 0 fully saturated rings. The first-order chi connectivity index (χ1) is 11.6. The van der Waals surface area contributed by atoms with E-state index in [2.05, 4.69) is 55.9 Å². The van der Waals surface area contributed by atoms with E-state index >= 15 is 0 Å². The average molecular weight is 390 g/mol. The molecule has 6 heteroatoms. The standard InChI is InChI=1S/C19H33N5.Ni/c1-16-18-8-5-9-19(22-18)17(2)21-11-7-13-24(12-6-10-20-16)15-14-23(3)4;/h5,8-9,16-17H,6-7,10-15H2,1-4H3;/q-2;+3. The molecule has 0 amide bonds. The predicted octanol–water partition coefficient (Wildman–Crippen LogP) is 3.61. The van der Waals surface area contributed by atoms with Gasteiger partial charge >= 0.3 is 16.5 Å². The SMILES string of the molecule is CC1[N-]CCCN(CCN(C)C)CCC[N-]C(C)c2cccc1n2.[Ni+3]. The number of pyridine rings is 1. The minimum atomic E-state index is 0. The van der Waals surface area contributed by atoms with Crippen molar-refractivity contribution in [3.63, 3.8) is 0 Å². The first kappa shape index (κ1) is 22.5. The summed E-state index contributed by atoms with van der Waals surface area (Å²) in [5.74, 6) is 0.